The zero-order chi connectivity index (χ0) is 28.3. The van der Waals surface area contributed by atoms with Gasteiger partial charge in [0.1, 0.15) is 12.2 Å². The molecule has 2 aromatic carbocycles. The quantitative estimate of drug-likeness (QED) is 0.364. The topological polar surface area (TPSA) is 63.1 Å². The molecule has 2 heterocycles. The Bertz CT molecular complexity index is 1430. The van der Waals surface area contributed by atoms with Gasteiger partial charge >= 0.3 is 6.18 Å². The molecule has 11 heteroatoms. The van der Waals surface area contributed by atoms with Gasteiger partial charge in [0, 0.05) is 55.6 Å². The number of anilines is 1. The fourth-order valence-corrected chi connectivity index (χ4v) is 6.57. The number of amides is 1. The molecule has 40 heavy (non-hydrogen) atoms. The molecule has 6 rings (SSSR count). The Morgan fingerprint density at radius 3 is 2.50 bits per heavy atom. The van der Waals surface area contributed by atoms with Crippen LogP contribution in [0.4, 0.5) is 27.6 Å². The van der Waals surface area contributed by atoms with Crippen LogP contribution in [-0.2, 0) is 38.1 Å². The Labute approximate surface area is 228 Å². The van der Waals surface area contributed by atoms with Crippen LogP contribution in [0.3, 0.4) is 0 Å². The highest BCUT2D eigenvalue weighted by Crippen LogP contribution is 2.55. The van der Waals surface area contributed by atoms with Crippen molar-refractivity contribution in [3.63, 3.8) is 0 Å². The first kappa shape index (κ1) is 26.9. The summed E-state index contributed by atoms with van der Waals surface area (Å²) in [5.74, 6) is -2.81. The Hall–Kier alpha value is -3.34. The summed E-state index contributed by atoms with van der Waals surface area (Å²) in [4.78, 5) is 14.8. The standard InChI is InChI=1S/C29H30F5N5O/c1-38-17-36-37-25(38)12-27(15-28(30,31)16-27)19-5-4-8-21(11-19)39-14-23-22(26(39)40)9-18(10-24(23)29(32,33)34)13-35-20-6-2-3-7-20/h4-5,8-11,17,20,35H,2-3,6-7,12-16H2,1H3. The van der Waals surface area contributed by atoms with Gasteiger partial charge in [-0.05, 0) is 53.8 Å². The fraction of sp³-hybridized carbons (Fsp3) is 0.483. The van der Waals surface area contributed by atoms with Crippen LogP contribution < -0.4 is 10.2 Å². The lowest BCUT2D eigenvalue weighted by atomic mass is 9.60. The lowest BCUT2D eigenvalue weighted by molar-refractivity contribution is -0.138. The molecule has 6 nitrogen and oxygen atoms in total. The molecule has 1 aromatic heterocycles. The van der Waals surface area contributed by atoms with E-state index in [-0.39, 0.29) is 49.5 Å². The number of carbonyl (C=O) groups is 1. The van der Waals surface area contributed by atoms with Crippen LogP contribution in [0, 0.1) is 0 Å². The van der Waals surface area contributed by atoms with E-state index in [1.165, 1.54) is 11.2 Å². The van der Waals surface area contributed by atoms with E-state index in [4.69, 9.17) is 0 Å². The minimum atomic E-state index is -4.62. The maximum Gasteiger partial charge on any atom is 0.416 e. The fourth-order valence-electron chi connectivity index (χ4n) is 6.57. The third-order valence-corrected chi connectivity index (χ3v) is 8.62. The van der Waals surface area contributed by atoms with E-state index in [2.05, 4.69) is 15.5 Å². The molecule has 3 aliphatic rings. The number of carbonyl (C=O) groups excluding carboxylic acids is 1. The van der Waals surface area contributed by atoms with Crippen LogP contribution in [0.25, 0.3) is 0 Å². The molecule has 0 radical (unpaired) electrons. The molecule has 0 bridgehead atoms. The third kappa shape index (κ3) is 4.88. The molecule has 212 valence electrons. The van der Waals surface area contributed by atoms with Crippen molar-refractivity contribution in [1.29, 1.82) is 0 Å². The number of nitrogens with zero attached hydrogens (tertiary/aromatic N) is 4. The lowest BCUT2D eigenvalue weighted by Gasteiger charge is -2.48. The summed E-state index contributed by atoms with van der Waals surface area (Å²) in [6, 6.07) is 9.65. The Morgan fingerprint density at radius 1 is 1.10 bits per heavy atom. The third-order valence-electron chi connectivity index (χ3n) is 8.62. The van der Waals surface area contributed by atoms with Crippen molar-refractivity contribution in [2.45, 2.75) is 81.6 Å². The first-order valence-corrected chi connectivity index (χ1v) is 13.5. The zero-order valence-corrected chi connectivity index (χ0v) is 22.1. The van der Waals surface area contributed by atoms with Gasteiger partial charge in [0.15, 0.2) is 0 Å². The number of alkyl halides is 5. The normalized spacial score (nSPS) is 20.1. The van der Waals surface area contributed by atoms with E-state index >= 15 is 0 Å². The summed E-state index contributed by atoms with van der Waals surface area (Å²) in [7, 11) is 1.74. The molecule has 2 fully saturated rings. The second kappa shape index (κ2) is 9.64. The van der Waals surface area contributed by atoms with Crippen LogP contribution in [0.2, 0.25) is 0 Å². The number of hydrogen-bond donors (Lipinski definition) is 1. The number of aryl methyl sites for hydroxylation is 1. The minimum absolute atomic E-state index is 0.0347. The van der Waals surface area contributed by atoms with E-state index in [0.717, 1.165) is 31.7 Å². The molecule has 0 atom stereocenters. The highest BCUT2D eigenvalue weighted by Gasteiger charge is 2.57. The van der Waals surface area contributed by atoms with E-state index in [0.29, 0.717) is 22.6 Å². The van der Waals surface area contributed by atoms with Crippen LogP contribution in [0.5, 0.6) is 0 Å². The maximum atomic E-state index is 14.2. The van der Waals surface area contributed by atoms with Gasteiger partial charge in [0.2, 0.25) is 5.92 Å². The molecule has 1 aliphatic heterocycles. The second-order valence-corrected chi connectivity index (χ2v) is 11.5. The van der Waals surface area contributed by atoms with Crippen LogP contribution in [-0.4, -0.2) is 32.6 Å². The van der Waals surface area contributed by atoms with Crippen molar-refractivity contribution in [3.05, 3.63) is 76.4 Å². The van der Waals surface area contributed by atoms with E-state index in [1.54, 1.807) is 41.9 Å². The maximum absolute atomic E-state index is 14.2. The molecule has 2 aliphatic carbocycles. The minimum Gasteiger partial charge on any atom is -0.321 e. The molecule has 1 N–H and O–H groups in total. The first-order valence-electron chi connectivity index (χ1n) is 13.5. The van der Waals surface area contributed by atoms with Crippen LogP contribution in [0.1, 0.15) is 77.0 Å². The van der Waals surface area contributed by atoms with Gasteiger partial charge in [-0.15, -0.1) is 10.2 Å². The predicted octanol–water partition coefficient (Wildman–Crippen LogP) is 5.94. The van der Waals surface area contributed by atoms with Gasteiger partial charge in [-0.25, -0.2) is 8.78 Å². The zero-order valence-electron chi connectivity index (χ0n) is 22.1. The van der Waals surface area contributed by atoms with Crippen molar-refractivity contribution in [2.75, 3.05) is 4.90 Å². The Morgan fingerprint density at radius 2 is 1.85 bits per heavy atom. The Kier molecular flexibility index (Phi) is 6.47. The summed E-state index contributed by atoms with van der Waals surface area (Å²) in [5.41, 5.74) is -0.362. The highest BCUT2D eigenvalue weighted by molar-refractivity contribution is 6.10. The molecule has 0 saturated heterocycles. The number of hydrogen-bond acceptors (Lipinski definition) is 4. The van der Waals surface area contributed by atoms with Gasteiger partial charge in [0.05, 0.1) is 12.1 Å². The number of halogens is 5. The summed E-state index contributed by atoms with van der Waals surface area (Å²) in [6.45, 7) is 0.0117. The number of rotatable bonds is 7. The molecule has 1 amide bonds. The van der Waals surface area contributed by atoms with Gasteiger partial charge in [0.25, 0.3) is 5.91 Å². The summed E-state index contributed by atoms with van der Waals surface area (Å²) in [5, 5.41) is 11.2. The number of benzene rings is 2. The molecule has 0 unspecified atom stereocenters. The monoisotopic (exact) mass is 559 g/mol. The van der Waals surface area contributed by atoms with Gasteiger partial charge in [-0.2, -0.15) is 13.2 Å². The van der Waals surface area contributed by atoms with Crippen molar-refractivity contribution < 1.29 is 26.7 Å². The van der Waals surface area contributed by atoms with E-state index in [9.17, 15) is 26.7 Å². The first-order chi connectivity index (χ1) is 18.9. The van der Waals surface area contributed by atoms with Crippen molar-refractivity contribution in [3.8, 4) is 0 Å². The van der Waals surface area contributed by atoms with Gasteiger partial charge in [-0.1, -0.05) is 25.0 Å². The molecule has 3 aromatic rings. The average Bonchev–Trinajstić information content (AvgIpc) is 3.62. The predicted molar refractivity (Wildman–Crippen MR) is 138 cm³/mol. The molecular weight excluding hydrogens is 529 g/mol. The second-order valence-electron chi connectivity index (χ2n) is 11.5. The van der Waals surface area contributed by atoms with Crippen molar-refractivity contribution in [2.24, 2.45) is 7.05 Å². The number of fused-ring (bicyclic) bond motifs is 1. The van der Waals surface area contributed by atoms with Gasteiger partial charge in [-0.3, -0.25) is 4.79 Å². The van der Waals surface area contributed by atoms with E-state index < -0.39 is 29.0 Å². The van der Waals surface area contributed by atoms with Crippen molar-refractivity contribution in [1.82, 2.24) is 20.1 Å². The summed E-state index contributed by atoms with van der Waals surface area (Å²) in [6.07, 6.45) is 0.510. The van der Waals surface area contributed by atoms with Gasteiger partial charge < -0.3 is 14.8 Å². The SMILES string of the molecule is Cn1cnnc1CC1(c2cccc(N3Cc4c(cc(CNC5CCCC5)cc4C(F)(F)F)C3=O)c2)CC(F)(F)C1. The van der Waals surface area contributed by atoms with E-state index in [1.807, 2.05) is 0 Å². The molecule has 0 spiro atoms. The molecule has 2 saturated carbocycles. The van der Waals surface area contributed by atoms with Crippen LogP contribution in [0.15, 0.2) is 42.7 Å². The smallest absolute Gasteiger partial charge is 0.321 e. The van der Waals surface area contributed by atoms with Crippen molar-refractivity contribution >= 4 is 11.6 Å². The molecular formula is C29H30F5N5O. The van der Waals surface area contributed by atoms with Crippen LogP contribution >= 0.6 is 0 Å². The number of aromatic nitrogens is 3. The number of nitrogens with one attached hydrogen (secondary N) is 1. The highest BCUT2D eigenvalue weighted by atomic mass is 19.4. The lowest BCUT2D eigenvalue weighted by Crippen LogP contribution is -2.51. The average molecular weight is 560 g/mol. The summed E-state index contributed by atoms with van der Waals surface area (Å²) < 4.78 is 72.6. The largest absolute Gasteiger partial charge is 0.416 e. The Balaban J connectivity index is 1.31. The summed E-state index contributed by atoms with van der Waals surface area (Å²) >= 11 is 0.